The normalized spacial score (nSPS) is 10.7. The quantitative estimate of drug-likeness (QED) is 0.759. The first-order valence-corrected chi connectivity index (χ1v) is 6.68. The monoisotopic (exact) mass is 322 g/mol. The molecule has 19 heavy (non-hydrogen) atoms. The Bertz CT molecular complexity index is 606. The number of halogens is 1. The minimum atomic E-state index is -0.220. The third-order valence-corrected chi connectivity index (χ3v) is 3.41. The Hall–Kier alpha value is -1.82. The Morgan fingerprint density at radius 1 is 1.42 bits per heavy atom. The summed E-state index contributed by atoms with van der Waals surface area (Å²) in [5.74, 6) is 0.632. The van der Waals surface area contributed by atoms with E-state index in [1.54, 1.807) is 18.2 Å². The predicted octanol–water partition coefficient (Wildman–Crippen LogP) is 3.13. The second kappa shape index (κ2) is 5.44. The highest BCUT2D eigenvalue weighted by Gasteiger charge is 2.11. The van der Waals surface area contributed by atoms with Crippen LogP contribution in [0.3, 0.4) is 0 Å². The number of rotatable bonds is 3. The van der Waals surface area contributed by atoms with Crippen molar-refractivity contribution in [1.82, 2.24) is 10.2 Å². The number of nitrogens with zero attached hydrogens (tertiary/aromatic N) is 1. The first-order valence-electron chi connectivity index (χ1n) is 5.89. The molecule has 5 nitrogen and oxygen atoms in total. The molecule has 1 heterocycles. The molecular formula is C13H15BrN4O. The van der Waals surface area contributed by atoms with Gasteiger partial charge in [0.25, 0.3) is 5.91 Å². The van der Waals surface area contributed by atoms with Crippen LogP contribution in [-0.4, -0.2) is 16.1 Å². The fraction of sp³-hybridized carbons (Fsp3) is 0.231. The number of aromatic amines is 1. The van der Waals surface area contributed by atoms with Gasteiger partial charge in [0.1, 0.15) is 0 Å². The van der Waals surface area contributed by atoms with Crippen LogP contribution in [0.5, 0.6) is 0 Å². The molecule has 2 aromatic rings. The molecule has 100 valence electrons. The number of nitrogens with one attached hydrogen (secondary N) is 2. The molecule has 0 aliphatic carbocycles. The van der Waals surface area contributed by atoms with Gasteiger partial charge in [-0.2, -0.15) is 5.10 Å². The highest BCUT2D eigenvalue weighted by molar-refractivity contribution is 9.10. The third kappa shape index (κ3) is 3.14. The fourth-order valence-corrected chi connectivity index (χ4v) is 1.93. The Morgan fingerprint density at radius 2 is 2.16 bits per heavy atom. The van der Waals surface area contributed by atoms with Gasteiger partial charge in [-0.25, -0.2) is 0 Å². The number of hydrogen-bond donors (Lipinski definition) is 3. The molecule has 0 unspecified atom stereocenters. The molecule has 0 fully saturated rings. The van der Waals surface area contributed by atoms with Crippen LogP contribution in [0.2, 0.25) is 0 Å². The topological polar surface area (TPSA) is 83.8 Å². The number of carbonyl (C=O) groups excluding carboxylic acids is 1. The van der Waals surface area contributed by atoms with Gasteiger partial charge in [0.2, 0.25) is 0 Å². The summed E-state index contributed by atoms with van der Waals surface area (Å²) in [4.78, 5) is 12.0. The molecule has 1 aromatic heterocycles. The summed E-state index contributed by atoms with van der Waals surface area (Å²) in [6.45, 7) is 4.10. The zero-order chi connectivity index (χ0) is 14.0. The SMILES string of the molecule is CC(C)c1cc(NC(=O)c2ccc(N)c(Br)c2)n[nH]1. The number of hydrogen-bond acceptors (Lipinski definition) is 3. The summed E-state index contributed by atoms with van der Waals surface area (Å²) in [6, 6.07) is 6.87. The molecule has 0 aliphatic heterocycles. The molecule has 0 spiro atoms. The number of carbonyl (C=O) groups is 1. The molecule has 0 radical (unpaired) electrons. The lowest BCUT2D eigenvalue weighted by atomic mass is 10.1. The lowest BCUT2D eigenvalue weighted by Crippen LogP contribution is -2.12. The molecule has 1 amide bonds. The van der Waals surface area contributed by atoms with Crippen LogP contribution in [0, 0.1) is 0 Å². The summed E-state index contributed by atoms with van der Waals surface area (Å²) in [7, 11) is 0. The van der Waals surface area contributed by atoms with Crippen molar-refractivity contribution in [1.29, 1.82) is 0 Å². The van der Waals surface area contributed by atoms with Crippen molar-refractivity contribution < 1.29 is 4.79 Å². The molecule has 4 N–H and O–H groups in total. The van der Waals surface area contributed by atoms with E-state index in [1.807, 2.05) is 6.07 Å². The standard InChI is InChI=1S/C13H15BrN4O/c1-7(2)11-6-12(18-17-11)16-13(19)8-3-4-10(15)9(14)5-8/h3-7H,15H2,1-2H3,(H2,16,17,18,19). The molecule has 0 aliphatic rings. The van der Waals surface area contributed by atoms with Crippen molar-refractivity contribution in [3.63, 3.8) is 0 Å². The average Bonchev–Trinajstić information content (AvgIpc) is 2.81. The van der Waals surface area contributed by atoms with Gasteiger partial charge < -0.3 is 11.1 Å². The molecule has 2 rings (SSSR count). The molecule has 0 atom stereocenters. The van der Waals surface area contributed by atoms with Crippen LogP contribution < -0.4 is 11.1 Å². The number of anilines is 2. The van der Waals surface area contributed by atoms with Gasteiger partial charge in [0.05, 0.1) is 0 Å². The molecule has 1 aromatic carbocycles. The van der Waals surface area contributed by atoms with Crippen molar-refractivity contribution in [2.24, 2.45) is 0 Å². The maximum absolute atomic E-state index is 12.0. The van der Waals surface area contributed by atoms with Gasteiger partial charge in [-0.1, -0.05) is 13.8 Å². The van der Waals surface area contributed by atoms with E-state index >= 15 is 0 Å². The Kier molecular flexibility index (Phi) is 3.90. The number of H-pyrrole nitrogens is 1. The Labute approximate surface area is 119 Å². The average molecular weight is 323 g/mol. The van der Waals surface area contributed by atoms with Crippen molar-refractivity contribution in [3.05, 3.63) is 40.0 Å². The van der Waals surface area contributed by atoms with Gasteiger partial charge in [-0.3, -0.25) is 9.89 Å². The van der Waals surface area contributed by atoms with Gasteiger partial charge in [0, 0.05) is 27.5 Å². The Morgan fingerprint density at radius 3 is 2.74 bits per heavy atom. The van der Waals surface area contributed by atoms with Gasteiger partial charge in [-0.05, 0) is 40.0 Å². The predicted molar refractivity (Wildman–Crippen MR) is 79.2 cm³/mol. The van der Waals surface area contributed by atoms with Crippen LogP contribution in [0.1, 0.15) is 35.8 Å². The van der Waals surface area contributed by atoms with E-state index in [0.717, 1.165) is 5.69 Å². The van der Waals surface area contributed by atoms with Gasteiger partial charge in [-0.15, -0.1) is 0 Å². The van der Waals surface area contributed by atoms with Crippen LogP contribution in [0.15, 0.2) is 28.7 Å². The fourth-order valence-electron chi connectivity index (χ4n) is 1.55. The highest BCUT2D eigenvalue weighted by Crippen LogP contribution is 2.21. The summed E-state index contributed by atoms with van der Waals surface area (Å²) in [6.07, 6.45) is 0. The van der Waals surface area contributed by atoms with Crippen LogP contribution >= 0.6 is 15.9 Å². The van der Waals surface area contributed by atoms with E-state index in [1.165, 1.54) is 0 Å². The Balaban J connectivity index is 2.13. The van der Waals surface area contributed by atoms with Crippen molar-refractivity contribution >= 4 is 33.3 Å². The first-order chi connectivity index (χ1) is 8.97. The zero-order valence-electron chi connectivity index (χ0n) is 10.7. The maximum atomic E-state index is 12.0. The summed E-state index contributed by atoms with van der Waals surface area (Å²) < 4.78 is 0.699. The van der Waals surface area contributed by atoms with E-state index in [4.69, 9.17) is 5.73 Å². The van der Waals surface area contributed by atoms with Crippen LogP contribution in [0.4, 0.5) is 11.5 Å². The number of amides is 1. The third-order valence-electron chi connectivity index (χ3n) is 2.72. The van der Waals surface area contributed by atoms with E-state index in [0.29, 0.717) is 27.5 Å². The second-order valence-corrected chi connectivity index (χ2v) is 5.41. The lowest BCUT2D eigenvalue weighted by Gasteiger charge is -2.04. The largest absolute Gasteiger partial charge is 0.398 e. The van der Waals surface area contributed by atoms with E-state index < -0.39 is 0 Å². The smallest absolute Gasteiger partial charge is 0.256 e. The lowest BCUT2D eigenvalue weighted by molar-refractivity contribution is 0.102. The number of nitrogens with two attached hydrogens (primary N) is 1. The second-order valence-electron chi connectivity index (χ2n) is 4.55. The highest BCUT2D eigenvalue weighted by atomic mass is 79.9. The summed E-state index contributed by atoms with van der Waals surface area (Å²) in [5.41, 5.74) is 7.78. The van der Waals surface area contributed by atoms with Crippen LogP contribution in [-0.2, 0) is 0 Å². The molecule has 0 saturated heterocycles. The van der Waals surface area contributed by atoms with Crippen molar-refractivity contribution in [2.45, 2.75) is 19.8 Å². The number of nitrogen functional groups attached to an aromatic ring is 1. The van der Waals surface area contributed by atoms with E-state index in [-0.39, 0.29) is 5.91 Å². The van der Waals surface area contributed by atoms with Gasteiger partial charge >= 0.3 is 0 Å². The summed E-state index contributed by atoms with van der Waals surface area (Å²) in [5, 5.41) is 9.68. The maximum Gasteiger partial charge on any atom is 0.256 e. The van der Waals surface area contributed by atoms with E-state index in [2.05, 4.69) is 45.3 Å². The molecule has 0 bridgehead atoms. The first kappa shape index (κ1) is 13.6. The number of aromatic nitrogens is 2. The summed E-state index contributed by atoms with van der Waals surface area (Å²) >= 11 is 3.30. The molecule has 0 saturated carbocycles. The minimum Gasteiger partial charge on any atom is -0.398 e. The van der Waals surface area contributed by atoms with Crippen molar-refractivity contribution in [3.8, 4) is 0 Å². The van der Waals surface area contributed by atoms with Crippen molar-refractivity contribution in [2.75, 3.05) is 11.1 Å². The van der Waals surface area contributed by atoms with Gasteiger partial charge in [0.15, 0.2) is 5.82 Å². The molecular weight excluding hydrogens is 308 g/mol. The minimum absolute atomic E-state index is 0.220. The zero-order valence-corrected chi connectivity index (χ0v) is 12.3. The van der Waals surface area contributed by atoms with Crippen LogP contribution in [0.25, 0.3) is 0 Å². The van der Waals surface area contributed by atoms with E-state index in [9.17, 15) is 4.79 Å². The number of benzene rings is 1. The molecule has 6 heteroatoms.